The molecule has 0 unspecified atom stereocenters. The molecule has 2 aromatic heterocycles. The minimum Gasteiger partial charge on any atom is -0.480 e. The molecule has 0 saturated heterocycles. The van der Waals surface area contributed by atoms with Crippen LogP contribution in [0.3, 0.4) is 0 Å². The van der Waals surface area contributed by atoms with Gasteiger partial charge in [0.05, 0.1) is 21.5 Å². The minimum absolute atomic E-state index is 0.110. The van der Waals surface area contributed by atoms with Crippen molar-refractivity contribution in [1.29, 1.82) is 0 Å². The summed E-state index contributed by atoms with van der Waals surface area (Å²) in [6.07, 6.45) is -1.93. The Morgan fingerprint density at radius 2 is 2.00 bits per heavy atom. The van der Waals surface area contributed by atoms with Crippen molar-refractivity contribution in [3.63, 3.8) is 0 Å². The number of hydrogen-bond acceptors (Lipinski definition) is 2. The van der Waals surface area contributed by atoms with Crippen molar-refractivity contribution >= 4 is 28.5 Å². The number of carboxylic acid groups (broad SMARTS) is 1. The molecule has 0 spiro atoms. The molecule has 2 N–H and O–H groups in total. The Morgan fingerprint density at radius 3 is 2.64 bits per heavy atom. The highest BCUT2D eigenvalue weighted by Gasteiger charge is 2.33. The first kappa shape index (κ1) is 17.1. The van der Waals surface area contributed by atoms with Gasteiger partial charge in [0.2, 0.25) is 0 Å². The van der Waals surface area contributed by atoms with Crippen LogP contribution in [-0.4, -0.2) is 20.6 Å². The van der Waals surface area contributed by atoms with Crippen LogP contribution in [0.25, 0.3) is 22.0 Å². The van der Waals surface area contributed by atoms with Gasteiger partial charge in [-0.3, -0.25) is 9.59 Å². The van der Waals surface area contributed by atoms with Gasteiger partial charge in [0.25, 0.3) is 5.56 Å². The standard InChI is InChI=1S/C16H10ClF3N2O3/c17-11-2-1-8(5-10(11)16(18,19)20)9-6-21-12-3-4-22(7-13(23)24)15(25)14(9)12/h1-6,21H,7H2,(H,23,24). The van der Waals surface area contributed by atoms with Gasteiger partial charge in [-0.2, -0.15) is 13.2 Å². The first-order chi connectivity index (χ1) is 11.7. The summed E-state index contributed by atoms with van der Waals surface area (Å²) in [5.74, 6) is -1.20. The van der Waals surface area contributed by atoms with Crippen LogP contribution in [0.1, 0.15) is 5.56 Å². The largest absolute Gasteiger partial charge is 0.480 e. The summed E-state index contributed by atoms with van der Waals surface area (Å²) in [5, 5.41) is 8.51. The summed E-state index contributed by atoms with van der Waals surface area (Å²) in [7, 11) is 0. The Balaban J connectivity index is 2.23. The van der Waals surface area contributed by atoms with Crippen LogP contribution in [0.2, 0.25) is 5.02 Å². The van der Waals surface area contributed by atoms with E-state index in [0.29, 0.717) is 5.52 Å². The van der Waals surface area contributed by atoms with Crippen molar-refractivity contribution in [3.8, 4) is 11.1 Å². The van der Waals surface area contributed by atoms with E-state index in [4.69, 9.17) is 16.7 Å². The van der Waals surface area contributed by atoms with Gasteiger partial charge in [0.15, 0.2) is 0 Å². The highest BCUT2D eigenvalue weighted by Crippen LogP contribution is 2.38. The maximum absolute atomic E-state index is 13.0. The number of hydrogen-bond donors (Lipinski definition) is 2. The van der Waals surface area contributed by atoms with E-state index in [0.717, 1.165) is 16.7 Å². The Bertz CT molecular complexity index is 1040. The third-order valence-corrected chi connectivity index (χ3v) is 4.02. The van der Waals surface area contributed by atoms with Crippen LogP contribution in [-0.2, 0) is 17.5 Å². The van der Waals surface area contributed by atoms with E-state index < -0.39 is 34.8 Å². The number of halogens is 4. The number of alkyl halides is 3. The lowest BCUT2D eigenvalue weighted by molar-refractivity contribution is -0.138. The number of rotatable bonds is 3. The van der Waals surface area contributed by atoms with Crippen LogP contribution < -0.4 is 5.56 Å². The van der Waals surface area contributed by atoms with Crippen LogP contribution >= 0.6 is 11.6 Å². The molecule has 3 rings (SSSR count). The number of nitrogens with zero attached hydrogens (tertiary/aromatic N) is 1. The van der Waals surface area contributed by atoms with Crippen molar-refractivity contribution in [3.05, 3.63) is 57.6 Å². The molecule has 2 heterocycles. The number of carbonyl (C=O) groups is 1. The van der Waals surface area contributed by atoms with E-state index in [9.17, 15) is 22.8 Å². The lowest BCUT2D eigenvalue weighted by Gasteiger charge is -2.11. The first-order valence-corrected chi connectivity index (χ1v) is 7.35. The molecule has 0 bridgehead atoms. The normalized spacial score (nSPS) is 11.8. The van der Waals surface area contributed by atoms with Crippen molar-refractivity contribution < 1.29 is 23.1 Å². The molecular formula is C16H10ClF3N2O3. The molecule has 0 atom stereocenters. The third kappa shape index (κ3) is 3.12. The second-order valence-electron chi connectivity index (χ2n) is 5.33. The van der Waals surface area contributed by atoms with Gasteiger partial charge in [-0.05, 0) is 23.8 Å². The van der Waals surface area contributed by atoms with Gasteiger partial charge in [-0.1, -0.05) is 17.7 Å². The molecule has 0 aliphatic rings. The van der Waals surface area contributed by atoms with E-state index in [2.05, 4.69) is 4.98 Å². The Kier molecular flexibility index (Phi) is 4.08. The number of aliphatic carboxylic acids is 1. The van der Waals surface area contributed by atoms with Crippen LogP contribution in [0.15, 0.2) is 41.5 Å². The summed E-state index contributed by atoms with van der Waals surface area (Å²) in [4.78, 5) is 26.1. The summed E-state index contributed by atoms with van der Waals surface area (Å²) in [5.41, 5.74) is -0.845. The SMILES string of the molecule is O=C(O)Cn1ccc2[nH]cc(-c3ccc(Cl)c(C(F)(F)F)c3)c2c1=O. The maximum Gasteiger partial charge on any atom is 0.417 e. The number of carboxylic acids is 1. The zero-order valence-electron chi connectivity index (χ0n) is 12.4. The quantitative estimate of drug-likeness (QED) is 0.737. The predicted molar refractivity (Wildman–Crippen MR) is 85.6 cm³/mol. The molecule has 130 valence electrons. The van der Waals surface area contributed by atoms with E-state index in [1.165, 1.54) is 24.5 Å². The second-order valence-corrected chi connectivity index (χ2v) is 5.73. The molecule has 0 amide bonds. The van der Waals surface area contributed by atoms with Crippen LogP contribution in [0.5, 0.6) is 0 Å². The smallest absolute Gasteiger partial charge is 0.417 e. The molecule has 25 heavy (non-hydrogen) atoms. The number of pyridine rings is 1. The Morgan fingerprint density at radius 1 is 1.28 bits per heavy atom. The van der Waals surface area contributed by atoms with Gasteiger partial charge in [-0.15, -0.1) is 0 Å². The lowest BCUT2D eigenvalue weighted by Crippen LogP contribution is -2.23. The fourth-order valence-electron chi connectivity index (χ4n) is 2.58. The van der Waals surface area contributed by atoms with Gasteiger partial charge in [0.1, 0.15) is 6.54 Å². The predicted octanol–water partition coefficient (Wildman–Crippen LogP) is 3.75. The average Bonchev–Trinajstić information content (AvgIpc) is 2.94. The van der Waals surface area contributed by atoms with E-state index >= 15 is 0 Å². The fourth-order valence-corrected chi connectivity index (χ4v) is 2.81. The van der Waals surface area contributed by atoms with Crippen molar-refractivity contribution in [2.75, 3.05) is 0 Å². The molecule has 0 aliphatic carbocycles. The summed E-state index contributed by atoms with van der Waals surface area (Å²) in [6, 6.07) is 4.83. The van der Waals surface area contributed by atoms with Crippen LogP contribution in [0, 0.1) is 0 Å². The minimum atomic E-state index is -4.64. The van der Waals surface area contributed by atoms with Gasteiger partial charge >= 0.3 is 12.1 Å². The number of benzene rings is 1. The number of nitrogens with one attached hydrogen (secondary N) is 1. The zero-order valence-corrected chi connectivity index (χ0v) is 13.1. The first-order valence-electron chi connectivity index (χ1n) is 6.98. The number of aromatic nitrogens is 2. The van der Waals surface area contributed by atoms with Gasteiger partial charge in [0, 0.05) is 18.0 Å². The summed E-state index contributed by atoms with van der Waals surface area (Å²) >= 11 is 5.62. The topological polar surface area (TPSA) is 75.1 Å². The lowest BCUT2D eigenvalue weighted by atomic mass is 10.0. The monoisotopic (exact) mass is 370 g/mol. The summed E-state index contributed by atoms with van der Waals surface area (Å²) in [6.45, 7) is -0.548. The van der Waals surface area contributed by atoms with E-state index in [1.807, 2.05) is 0 Å². The number of fused-ring (bicyclic) bond motifs is 1. The average molecular weight is 371 g/mol. The maximum atomic E-state index is 13.0. The number of H-pyrrole nitrogens is 1. The Hall–Kier alpha value is -2.74. The molecule has 5 nitrogen and oxygen atoms in total. The van der Waals surface area contributed by atoms with Crippen molar-refractivity contribution in [1.82, 2.24) is 9.55 Å². The van der Waals surface area contributed by atoms with Crippen LogP contribution in [0.4, 0.5) is 13.2 Å². The molecule has 9 heteroatoms. The highest BCUT2D eigenvalue weighted by molar-refractivity contribution is 6.31. The molecule has 1 aromatic carbocycles. The highest BCUT2D eigenvalue weighted by atomic mass is 35.5. The van der Waals surface area contributed by atoms with Gasteiger partial charge in [-0.25, -0.2) is 0 Å². The zero-order chi connectivity index (χ0) is 18.4. The van der Waals surface area contributed by atoms with E-state index in [-0.39, 0.29) is 16.5 Å². The Labute approximate surface area is 143 Å². The molecule has 3 aromatic rings. The fraction of sp³-hybridized carbons (Fsp3) is 0.125. The summed E-state index contributed by atoms with van der Waals surface area (Å²) < 4.78 is 40.1. The van der Waals surface area contributed by atoms with Crippen molar-refractivity contribution in [2.45, 2.75) is 12.7 Å². The second kappa shape index (κ2) is 5.96. The molecule has 0 aliphatic heterocycles. The van der Waals surface area contributed by atoms with Crippen molar-refractivity contribution in [2.24, 2.45) is 0 Å². The molecule has 0 radical (unpaired) electrons. The molecular weight excluding hydrogens is 361 g/mol. The molecule has 0 saturated carbocycles. The third-order valence-electron chi connectivity index (χ3n) is 3.69. The molecule has 0 fully saturated rings. The number of aromatic amines is 1. The van der Waals surface area contributed by atoms with E-state index in [1.54, 1.807) is 0 Å². The van der Waals surface area contributed by atoms with Gasteiger partial charge < -0.3 is 14.7 Å².